The zero-order valence-electron chi connectivity index (χ0n) is 6.84. The molecule has 2 aliphatic heterocycles. The van der Waals surface area contributed by atoms with Crippen LogP contribution in [0.4, 0.5) is 4.79 Å². The van der Waals surface area contributed by atoms with Gasteiger partial charge in [0.05, 0.1) is 24.3 Å². The number of nitrogens with two attached hydrogens (primary N) is 1. The van der Waals surface area contributed by atoms with Crippen LogP contribution in [-0.2, 0) is 0 Å². The topological polar surface area (TPSA) is 64.2 Å². The van der Waals surface area contributed by atoms with Gasteiger partial charge in [0.1, 0.15) is 0 Å². The molecule has 0 saturated heterocycles. The number of primary amides is 1. The minimum atomic E-state index is -0.396. The first-order valence-electron chi connectivity index (χ1n) is 4.08. The van der Waals surface area contributed by atoms with E-state index < -0.39 is 6.03 Å². The number of hydrogen-bond acceptors (Lipinski definition) is 2. The Morgan fingerprint density at radius 3 is 3.31 bits per heavy atom. The SMILES string of the molecule is NC(=O)N1C=C2CC1c1cncn12. The first-order valence-corrected chi connectivity index (χ1v) is 4.08. The van der Waals surface area contributed by atoms with E-state index in [-0.39, 0.29) is 6.04 Å². The van der Waals surface area contributed by atoms with Crippen molar-refractivity contribution in [3.05, 3.63) is 24.4 Å². The van der Waals surface area contributed by atoms with Crippen LogP contribution >= 0.6 is 0 Å². The van der Waals surface area contributed by atoms with Gasteiger partial charge in [0.2, 0.25) is 0 Å². The molecular formula is C8H8N4O. The van der Waals surface area contributed by atoms with Crippen molar-refractivity contribution >= 4 is 11.7 Å². The number of urea groups is 1. The Morgan fingerprint density at radius 1 is 1.69 bits per heavy atom. The fourth-order valence-electron chi connectivity index (χ4n) is 2.02. The van der Waals surface area contributed by atoms with Crippen LogP contribution in [0, 0.1) is 0 Å². The smallest absolute Gasteiger partial charge is 0.319 e. The van der Waals surface area contributed by atoms with Crippen molar-refractivity contribution in [2.45, 2.75) is 12.5 Å². The van der Waals surface area contributed by atoms with Crippen molar-refractivity contribution < 1.29 is 4.79 Å². The quantitative estimate of drug-likeness (QED) is 0.626. The molecule has 0 spiro atoms. The van der Waals surface area contributed by atoms with Gasteiger partial charge in [-0.25, -0.2) is 9.78 Å². The van der Waals surface area contributed by atoms with Crippen LogP contribution in [-0.4, -0.2) is 20.5 Å². The highest BCUT2D eigenvalue weighted by molar-refractivity contribution is 5.78. The number of nitrogens with zero attached hydrogens (tertiary/aromatic N) is 3. The first-order chi connectivity index (χ1) is 6.27. The Kier molecular flexibility index (Phi) is 0.995. The molecule has 0 radical (unpaired) electrons. The molecule has 3 rings (SSSR count). The van der Waals surface area contributed by atoms with Crippen LogP contribution in [0.1, 0.15) is 18.2 Å². The van der Waals surface area contributed by atoms with Crippen molar-refractivity contribution in [3.63, 3.8) is 0 Å². The number of aromatic nitrogens is 2. The van der Waals surface area contributed by atoms with E-state index >= 15 is 0 Å². The van der Waals surface area contributed by atoms with E-state index in [0.717, 1.165) is 17.8 Å². The summed E-state index contributed by atoms with van der Waals surface area (Å²) in [6.45, 7) is 0. The summed E-state index contributed by atoms with van der Waals surface area (Å²) in [6.07, 6.45) is 6.20. The van der Waals surface area contributed by atoms with E-state index in [1.54, 1.807) is 23.6 Å². The number of carbonyl (C=O) groups excluding carboxylic acids is 1. The molecule has 5 heteroatoms. The minimum Gasteiger partial charge on any atom is -0.351 e. The van der Waals surface area contributed by atoms with Crippen LogP contribution in [0.3, 0.4) is 0 Å². The van der Waals surface area contributed by atoms with Crippen molar-refractivity contribution in [2.24, 2.45) is 5.73 Å². The average molecular weight is 176 g/mol. The molecule has 5 nitrogen and oxygen atoms in total. The highest BCUT2D eigenvalue weighted by atomic mass is 16.2. The van der Waals surface area contributed by atoms with Gasteiger partial charge in [0.15, 0.2) is 0 Å². The molecule has 66 valence electrons. The summed E-state index contributed by atoms with van der Waals surface area (Å²) in [5.74, 6) is 0. The summed E-state index contributed by atoms with van der Waals surface area (Å²) in [4.78, 5) is 16.6. The summed E-state index contributed by atoms with van der Waals surface area (Å²) in [7, 11) is 0. The Bertz CT molecular complexity index is 420. The average Bonchev–Trinajstić information content (AvgIpc) is 2.75. The zero-order valence-corrected chi connectivity index (χ0v) is 6.84. The van der Waals surface area contributed by atoms with Crippen molar-refractivity contribution in [3.8, 4) is 0 Å². The van der Waals surface area contributed by atoms with Gasteiger partial charge in [-0.3, -0.25) is 4.90 Å². The molecule has 2 amide bonds. The lowest BCUT2D eigenvalue weighted by molar-refractivity contribution is 0.214. The summed E-state index contributed by atoms with van der Waals surface area (Å²) in [6, 6.07) is -0.317. The van der Waals surface area contributed by atoms with E-state index in [2.05, 4.69) is 4.98 Å². The van der Waals surface area contributed by atoms with Gasteiger partial charge >= 0.3 is 6.03 Å². The van der Waals surface area contributed by atoms with Gasteiger partial charge in [0, 0.05) is 18.3 Å². The lowest BCUT2D eigenvalue weighted by Gasteiger charge is -2.20. The third kappa shape index (κ3) is 0.665. The second-order valence-corrected chi connectivity index (χ2v) is 3.27. The molecule has 1 aromatic heterocycles. The van der Waals surface area contributed by atoms with Crippen molar-refractivity contribution in [1.82, 2.24) is 14.5 Å². The molecule has 2 aliphatic rings. The highest BCUT2D eigenvalue weighted by Crippen LogP contribution is 2.43. The molecule has 0 aliphatic carbocycles. The number of rotatable bonds is 0. The molecule has 0 fully saturated rings. The Hall–Kier alpha value is -1.78. The Morgan fingerprint density at radius 2 is 2.54 bits per heavy atom. The minimum absolute atomic E-state index is 0.0787. The van der Waals surface area contributed by atoms with Gasteiger partial charge in [-0.15, -0.1) is 0 Å². The molecule has 1 unspecified atom stereocenters. The molecule has 1 aromatic rings. The van der Waals surface area contributed by atoms with E-state index in [1.165, 1.54) is 0 Å². The van der Waals surface area contributed by atoms with Crippen LogP contribution in [0.5, 0.6) is 0 Å². The Balaban J connectivity index is 2.13. The number of hydrogen-bond donors (Lipinski definition) is 1. The van der Waals surface area contributed by atoms with Gasteiger partial charge in [-0.2, -0.15) is 0 Å². The van der Waals surface area contributed by atoms with E-state index in [4.69, 9.17) is 5.73 Å². The van der Waals surface area contributed by atoms with Gasteiger partial charge in [-0.05, 0) is 0 Å². The highest BCUT2D eigenvalue weighted by Gasteiger charge is 2.38. The monoisotopic (exact) mass is 176 g/mol. The largest absolute Gasteiger partial charge is 0.351 e. The maximum atomic E-state index is 11.0. The molecule has 2 N–H and O–H groups in total. The van der Waals surface area contributed by atoms with E-state index in [1.807, 2.05) is 4.57 Å². The second kappa shape index (κ2) is 1.93. The van der Waals surface area contributed by atoms with Crippen LogP contribution in [0.2, 0.25) is 0 Å². The lowest BCUT2D eigenvalue weighted by Crippen LogP contribution is -2.33. The standard InChI is InChI=1S/C8H8N4O/c9-8(13)11-3-5-1-6(11)7-2-10-4-12(5)7/h2-4,6H,1H2,(H2,9,13). The van der Waals surface area contributed by atoms with E-state index in [0.29, 0.717) is 0 Å². The predicted molar refractivity (Wildman–Crippen MR) is 45.3 cm³/mol. The predicted octanol–water partition coefficient (Wildman–Crippen LogP) is 0.521. The summed E-state index contributed by atoms with van der Waals surface area (Å²) < 4.78 is 2.00. The third-order valence-corrected chi connectivity index (χ3v) is 2.60. The number of carbonyl (C=O) groups is 1. The third-order valence-electron chi connectivity index (χ3n) is 2.60. The number of amides is 2. The molecular weight excluding hydrogens is 168 g/mol. The van der Waals surface area contributed by atoms with Crippen LogP contribution in [0.25, 0.3) is 5.70 Å². The first kappa shape index (κ1) is 6.71. The van der Waals surface area contributed by atoms with Crippen molar-refractivity contribution in [2.75, 3.05) is 0 Å². The maximum absolute atomic E-state index is 11.0. The maximum Gasteiger partial charge on any atom is 0.319 e. The fourth-order valence-corrected chi connectivity index (χ4v) is 2.02. The number of imidazole rings is 1. The van der Waals surface area contributed by atoms with Crippen LogP contribution in [0.15, 0.2) is 18.7 Å². The summed E-state index contributed by atoms with van der Waals surface area (Å²) in [5.41, 5.74) is 7.37. The van der Waals surface area contributed by atoms with Gasteiger partial charge in [-0.1, -0.05) is 0 Å². The second-order valence-electron chi connectivity index (χ2n) is 3.27. The van der Waals surface area contributed by atoms with E-state index in [9.17, 15) is 4.79 Å². The van der Waals surface area contributed by atoms with Crippen molar-refractivity contribution in [1.29, 1.82) is 0 Å². The number of fused-ring (bicyclic) bond motifs is 5. The lowest BCUT2D eigenvalue weighted by atomic mass is 10.2. The fraction of sp³-hybridized carbons (Fsp3) is 0.250. The zero-order chi connectivity index (χ0) is 9.00. The molecule has 0 saturated carbocycles. The molecule has 0 aromatic carbocycles. The normalized spacial score (nSPS) is 23.2. The Labute approximate surface area is 74.5 Å². The van der Waals surface area contributed by atoms with Crippen LogP contribution < -0.4 is 5.73 Å². The summed E-state index contributed by atoms with van der Waals surface area (Å²) in [5, 5.41) is 0. The molecule has 2 bridgehead atoms. The molecule has 3 heterocycles. The molecule has 1 atom stereocenters. The van der Waals surface area contributed by atoms with Gasteiger partial charge in [0.25, 0.3) is 0 Å². The molecule has 13 heavy (non-hydrogen) atoms. The van der Waals surface area contributed by atoms with Gasteiger partial charge < -0.3 is 10.3 Å². The summed E-state index contributed by atoms with van der Waals surface area (Å²) >= 11 is 0.